The Kier molecular flexibility index (Phi) is 4.68. The molecule has 0 radical (unpaired) electrons. The summed E-state index contributed by atoms with van der Waals surface area (Å²) in [6.45, 7) is 6.64. The number of pyridine rings is 1. The predicted octanol–water partition coefficient (Wildman–Crippen LogP) is 3.45. The van der Waals surface area contributed by atoms with E-state index < -0.39 is 0 Å². The van der Waals surface area contributed by atoms with E-state index in [9.17, 15) is 5.11 Å². The molecule has 0 spiro atoms. The quantitative estimate of drug-likeness (QED) is 0.884. The number of methoxy groups -OCH3 is 1. The number of fused-ring (bicyclic) bond motifs is 1. The van der Waals surface area contributed by atoms with E-state index in [1.807, 2.05) is 24.3 Å². The van der Waals surface area contributed by atoms with Gasteiger partial charge in [0.2, 0.25) is 0 Å². The fourth-order valence-corrected chi connectivity index (χ4v) is 2.41. The Balaban J connectivity index is 2.37. The first-order valence-electron chi connectivity index (χ1n) is 7.26. The highest BCUT2D eigenvalue weighted by Gasteiger charge is 2.24. The smallest absolute Gasteiger partial charge is 0.134 e. The number of nitrogens with one attached hydrogen (secondary N) is 1. The highest BCUT2D eigenvalue weighted by atomic mass is 16.5. The zero-order valence-corrected chi connectivity index (χ0v) is 13.2. The molecule has 0 bridgehead atoms. The molecule has 0 saturated carbocycles. The Morgan fingerprint density at radius 1 is 1.29 bits per heavy atom. The van der Waals surface area contributed by atoms with Crippen LogP contribution >= 0.6 is 0 Å². The van der Waals surface area contributed by atoms with Gasteiger partial charge in [-0.3, -0.25) is 0 Å². The van der Waals surface area contributed by atoms with Gasteiger partial charge in [-0.2, -0.15) is 0 Å². The number of nitrogens with zero attached hydrogens (tertiary/aromatic N) is 1. The number of hydrogen-bond acceptors (Lipinski definition) is 4. The van der Waals surface area contributed by atoms with Gasteiger partial charge >= 0.3 is 0 Å². The van der Waals surface area contributed by atoms with E-state index in [1.54, 1.807) is 13.3 Å². The van der Waals surface area contributed by atoms with Gasteiger partial charge in [-0.15, -0.1) is 0 Å². The summed E-state index contributed by atoms with van der Waals surface area (Å²) in [4.78, 5) is 4.46. The van der Waals surface area contributed by atoms with Crippen molar-refractivity contribution in [1.82, 2.24) is 4.98 Å². The fraction of sp³-hybridized carbons (Fsp3) is 0.471. The van der Waals surface area contributed by atoms with Crippen LogP contribution in [0, 0.1) is 5.41 Å². The molecule has 1 atom stereocenters. The van der Waals surface area contributed by atoms with Gasteiger partial charge in [0.25, 0.3) is 0 Å². The molecule has 0 fully saturated rings. The number of aliphatic hydroxyl groups is 1. The SMILES string of the molecule is COc1ccc2c(NC(CCO)C(C)(C)C)nccc2c1. The van der Waals surface area contributed by atoms with E-state index in [1.165, 1.54) is 0 Å². The van der Waals surface area contributed by atoms with E-state index in [0.29, 0.717) is 6.42 Å². The highest BCUT2D eigenvalue weighted by molar-refractivity contribution is 5.92. The maximum atomic E-state index is 9.28. The van der Waals surface area contributed by atoms with Crippen LogP contribution in [-0.4, -0.2) is 29.8 Å². The van der Waals surface area contributed by atoms with Crippen LogP contribution in [0.5, 0.6) is 5.75 Å². The van der Waals surface area contributed by atoms with Crippen molar-refractivity contribution < 1.29 is 9.84 Å². The van der Waals surface area contributed by atoms with Gasteiger partial charge in [0.15, 0.2) is 0 Å². The molecule has 1 heterocycles. The zero-order chi connectivity index (χ0) is 15.5. The minimum atomic E-state index is 0.0407. The molecule has 114 valence electrons. The van der Waals surface area contributed by atoms with Crippen LogP contribution in [0.4, 0.5) is 5.82 Å². The average molecular weight is 288 g/mol. The van der Waals surface area contributed by atoms with Crippen LogP contribution in [0.2, 0.25) is 0 Å². The van der Waals surface area contributed by atoms with E-state index in [0.717, 1.165) is 22.3 Å². The zero-order valence-electron chi connectivity index (χ0n) is 13.2. The molecule has 0 amide bonds. The van der Waals surface area contributed by atoms with Crippen molar-refractivity contribution in [2.45, 2.75) is 33.2 Å². The van der Waals surface area contributed by atoms with Crippen molar-refractivity contribution in [3.8, 4) is 5.75 Å². The Labute approximate surface area is 126 Å². The topological polar surface area (TPSA) is 54.4 Å². The molecule has 2 N–H and O–H groups in total. The van der Waals surface area contributed by atoms with Gasteiger partial charge in [0.1, 0.15) is 11.6 Å². The van der Waals surface area contributed by atoms with E-state index in [-0.39, 0.29) is 18.1 Å². The van der Waals surface area contributed by atoms with Crippen molar-refractivity contribution in [2.24, 2.45) is 5.41 Å². The molecule has 4 heteroatoms. The third kappa shape index (κ3) is 3.64. The molecule has 0 saturated heterocycles. The summed E-state index contributed by atoms with van der Waals surface area (Å²) in [5, 5.41) is 14.9. The largest absolute Gasteiger partial charge is 0.497 e. The summed E-state index contributed by atoms with van der Waals surface area (Å²) in [7, 11) is 1.67. The first-order chi connectivity index (χ1) is 9.95. The molecular weight excluding hydrogens is 264 g/mol. The summed E-state index contributed by atoms with van der Waals surface area (Å²) in [6.07, 6.45) is 2.49. The molecular formula is C17H24N2O2. The third-order valence-corrected chi connectivity index (χ3v) is 3.75. The van der Waals surface area contributed by atoms with Crippen LogP contribution in [0.3, 0.4) is 0 Å². The van der Waals surface area contributed by atoms with Crippen LogP contribution < -0.4 is 10.1 Å². The summed E-state index contributed by atoms with van der Waals surface area (Å²) in [5.74, 6) is 1.69. The molecule has 2 rings (SSSR count). The predicted molar refractivity (Wildman–Crippen MR) is 86.9 cm³/mol. The average Bonchev–Trinajstić information content (AvgIpc) is 2.45. The lowest BCUT2D eigenvalue weighted by Crippen LogP contribution is -2.35. The lowest BCUT2D eigenvalue weighted by Gasteiger charge is -2.32. The Morgan fingerprint density at radius 3 is 2.67 bits per heavy atom. The van der Waals surface area contributed by atoms with Crippen molar-refractivity contribution in [2.75, 3.05) is 19.0 Å². The minimum Gasteiger partial charge on any atom is -0.497 e. The fourth-order valence-electron chi connectivity index (χ4n) is 2.41. The number of aromatic nitrogens is 1. The van der Waals surface area contributed by atoms with Crippen molar-refractivity contribution in [3.05, 3.63) is 30.5 Å². The molecule has 0 aliphatic rings. The van der Waals surface area contributed by atoms with Crippen molar-refractivity contribution in [3.63, 3.8) is 0 Å². The lowest BCUT2D eigenvalue weighted by molar-refractivity contribution is 0.235. The summed E-state index contributed by atoms with van der Waals surface area (Å²) < 4.78 is 5.26. The number of hydrogen-bond donors (Lipinski definition) is 2. The Bertz CT molecular complexity index is 605. The Hall–Kier alpha value is -1.81. The molecule has 1 aromatic carbocycles. The summed E-state index contributed by atoms with van der Waals surface area (Å²) in [6, 6.07) is 8.08. The maximum absolute atomic E-state index is 9.28. The first-order valence-corrected chi connectivity index (χ1v) is 7.26. The van der Waals surface area contributed by atoms with Crippen LogP contribution in [0.15, 0.2) is 30.5 Å². The van der Waals surface area contributed by atoms with Gasteiger partial charge in [-0.05, 0) is 41.5 Å². The third-order valence-electron chi connectivity index (χ3n) is 3.75. The number of ether oxygens (including phenoxy) is 1. The summed E-state index contributed by atoms with van der Waals surface area (Å²) >= 11 is 0. The standard InChI is InChI=1S/C17H24N2O2/c1-17(2,3)15(8-10-20)19-16-14-6-5-13(21-4)11-12(14)7-9-18-16/h5-7,9,11,15,20H,8,10H2,1-4H3,(H,18,19). The molecule has 21 heavy (non-hydrogen) atoms. The second-order valence-electron chi connectivity index (χ2n) is 6.32. The van der Waals surface area contributed by atoms with Gasteiger partial charge < -0.3 is 15.2 Å². The van der Waals surface area contributed by atoms with Gasteiger partial charge in [0, 0.05) is 24.2 Å². The van der Waals surface area contributed by atoms with Crippen LogP contribution in [0.25, 0.3) is 10.8 Å². The van der Waals surface area contributed by atoms with E-state index >= 15 is 0 Å². The number of rotatable bonds is 5. The normalized spacial score (nSPS) is 13.2. The minimum absolute atomic E-state index is 0.0407. The van der Waals surface area contributed by atoms with Gasteiger partial charge in [-0.1, -0.05) is 20.8 Å². The molecule has 0 aliphatic heterocycles. The number of anilines is 1. The van der Waals surface area contributed by atoms with Crippen LogP contribution in [0.1, 0.15) is 27.2 Å². The second kappa shape index (κ2) is 6.31. The molecule has 1 aromatic heterocycles. The number of benzene rings is 1. The second-order valence-corrected chi connectivity index (χ2v) is 6.32. The van der Waals surface area contributed by atoms with E-state index in [2.05, 4.69) is 31.1 Å². The molecule has 2 aromatic rings. The van der Waals surface area contributed by atoms with Crippen molar-refractivity contribution >= 4 is 16.6 Å². The van der Waals surface area contributed by atoms with Crippen molar-refractivity contribution in [1.29, 1.82) is 0 Å². The molecule has 1 unspecified atom stereocenters. The summed E-state index contributed by atoms with van der Waals surface area (Å²) in [5.41, 5.74) is 0.0407. The first kappa shape index (κ1) is 15.6. The van der Waals surface area contributed by atoms with Gasteiger partial charge in [-0.25, -0.2) is 4.98 Å². The number of aliphatic hydroxyl groups excluding tert-OH is 1. The molecule has 0 aliphatic carbocycles. The Morgan fingerprint density at radius 2 is 2.05 bits per heavy atom. The van der Waals surface area contributed by atoms with Crippen LogP contribution in [-0.2, 0) is 0 Å². The maximum Gasteiger partial charge on any atom is 0.134 e. The molecule has 4 nitrogen and oxygen atoms in total. The van der Waals surface area contributed by atoms with Gasteiger partial charge in [0.05, 0.1) is 7.11 Å². The van der Waals surface area contributed by atoms with E-state index in [4.69, 9.17) is 4.74 Å². The monoisotopic (exact) mass is 288 g/mol. The lowest BCUT2D eigenvalue weighted by atomic mass is 9.85. The highest BCUT2D eigenvalue weighted by Crippen LogP contribution is 2.29.